The smallest absolute Gasteiger partial charge is 0.325 e. The van der Waals surface area contributed by atoms with Crippen molar-refractivity contribution in [3.8, 4) is 0 Å². The van der Waals surface area contributed by atoms with Gasteiger partial charge in [0.25, 0.3) is 15.9 Å². The summed E-state index contributed by atoms with van der Waals surface area (Å²) in [6, 6.07) is 12.5. The summed E-state index contributed by atoms with van der Waals surface area (Å²) in [5.74, 6) is -0.608. The van der Waals surface area contributed by atoms with Crippen LogP contribution in [-0.4, -0.2) is 33.4 Å². The van der Waals surface area contributed by atoms with E-state index in [9.17, 15) is 18.0 Å². The molecule has 2 aromatic carbocycles. The van der Waals surface area contributed by atoms with Crippen LogP contribution in [0.25, 0.3) is 0 Å². The van der Waals surface area contributed by atoms with E-state index in [2.05, 4.69) is 10.0 Å². The number of carbonyl (C=O) groups is 2. The summed E-state index contributed by atoms with van der Waals surface area (Å²) in [6.45, 7) is 2.03. The van der Waals surface area contributed by atoms with Crippen molar-refractivity contribution >= 4 is 27.6 Å². The Balaban J connectivity index is 1.62. The van der Waals surface area contributed by atoms with E-state index < -0.39 is 21.9 Å². The summed E-state index contributed by atoms with van der Waals surface area (Å²) in [4.78, 5) is 23.8. The van der Waals surface area contributed by atoms with E-state index in [1.54, 1.807) is 24.3 Å². The maximum absolute atomic E-state index is 12.6. The molecule has 0 saturated heterocycles. The summed E-state index contributed by atoms with van der Waals surface area (Å²) in [5.41, 5.74) is 1.58. The summed E-state index contributed by atoms with van der Waals surface area (Å²) < 4.78 is 32.7. The van der Waals surface area contributed by atoms with Crippen LogP contribution in [0.2, 0.25) is 0 Å². The molecular weight excluding hydrogens is 380 g/mol. The Morgan fingerprint density at radius 2 is 1.82 bits per heavy atom. The van der Waals surface area contributed by atoms with Gasteiger partial charge in [-0.05, 0) is 56.0 Å². The lowest BCUT2D eigenvalue weighted by Gasteiger charge is -2.10. The van der Waals surface area contributed by atoms with Crippen LogP contribution >= 0.6 is 0 Å². The predicted octanol–water partition coefficient (Wildman–Crippen LogP) is 2.48. The highest BCUT2D eigenvalue weighted by Crippen LogP contribution is 2.28. The molecule has 0 aromatic heterocycles. The highest BCUT2D eigenvalue weighted by atomic mass is 32.2. The molecule has 1 saturated carbocycles. The van der Waals surface area contributed by atoms with E-state index in [4.69, 9.17) is 4.74 Å². The molecule has 0 atom stereocenters. The predicted molar refractivity (Wildman–Crippen MR) is 104 cm³/mol. The second kappa shape index (κ2) is 8.43. The molecule has 0 radical (unpaired) electrons. The van der Waals surface area contributed by atoms with Gasteiger partial charge in [-0.3, -0.25) is 14.3 Å². The van der Waals surface area contributed by atoms with E-state index in [1.807, 2.05) is 6.92 Å². The van der Waals surface area contributed by atoms with Gasteiger partial charge in [0, 0.05) is 11.3 Å². The first kappa shape index (κ1) is 19.9. The van der Waals surface area contributed by atoms with Crippen LogP contribution in [-0.2, 0) is 19.6 Å². The van der Waals surface area contributed by atoms with E-state index >= 15 is 0 Å². The third kappa shape index (κ3) is 5.56. The van der Waals surface area contributed by atoms with Crippen molar-refractivity contribution in [2.45, 2.75) is 24.7 Å². The highest BCUT2D eigenvalue weighted by molar-refractivity contribution is 7.92. The molecule has 7 nitrogen and oxygen atoms in total. The van der Waals surface area contributed by atoms with Crippen molar-refractivity contribution in [2.75, 3.05) is 17.9 Å². The minimum absolute atomic E-state index is 0.0444. The average molecular weight is 402 g/mol. The standard InChI is InChI=1S/C20H22N2O5S/c1-14-5-9-17(10-6-14)22-28(25,26)18-4-2-3-16(11-18)20(24)21-12-19(23)27-13-15-7-8-15/h2-6,9-11,15,22H,7-8,12-13H2,1H3,(H,21,24). The minimum atomic E-state index is -3.85. The molecule has 28 heavy (non-hydrogen) atoms. The highest BCUT2D eigenvalue weighted by Gasteiger charge is 2.23. The van der Waals surface area contributed by atoms with E-state index in [0.717, 1.165) is 18.4 Å². The maximum atomic E-state index is 12.6. The zero-order valence-electron chi connectivity index (χ0n) is 15.5. The van der Waals surface area contributed by atoms with E-state index in [-0.39, 0.29) is 17.0 Å². The number of hydrogen-bond donors (Lipinski definition) is 2. The Bertz CT molecular complexity index is 966. The number of amides is 1. The Labute approximate surface area is 164 Å². The van der Waals surface area contributed by atoms with Crippen LogP contribution in [0, 0.1) is 12.8 Å². The third-order valence-corrected chi connectivity index (χ3v) is 5.66. The molecule has 1 fully saturated rings. The quantitative estimate of drug-likeness (QED) is 0.661. The number of sulfonamides is 1. The van der Waals surface area contributed by atoms with Gasteiger partial charge in [0.05, 0.1) is 11.5 Å². The largest absolute Gasteiger partial charge is 0.464 e. The number of aryl methyl sites for hydroxylation is 1. The van der Waals surface area contributed by atoms with Gasteiger partial charge in [0.15, 0.2) is 0 Å². The van der Waals surface area contributed by atoms with Gasteiger partial charge in [0.2, 0.25) is 0 Å². The molecule has 148 valence electrons. The molecule has 1 aliphatic carbocycles. The lowest BCUT2D eigenvalue weighted by molar-refractivity contribution is -0.142. The number of rotatable bonds is 8. The average Bonchev–Trinajstić information content (AvgIpc) is 3.51. The summed E-state index contributed by atoms with van der Waals surface area (Å²) in [7, 11) is -3.85. The molecule has 1 amide bonds. The number of hydrogen-bond acceptors (Lipinski definition) is 5. The van der Waals surface area contributed by atoms with Crippen molar-refractivity contribution in [1.29, 1.82) is 0 Å². The van der Waals surface area contributed by atoms with Crippen molar-refractivity contribution < 1.29 is 22.7 Å². The van der Waals surface area contributed by atoms with Gasteiger partial charge in [-0.25, -0.2) is 8.42 Å². The fourth-order valence-corrected chi connectivity index (χ4v) is 3.55. The Morgan fingerprint density at radius 1 is 1.11 bits per heavy atom. The number of anilines is 1. The Hall–Kier alpha value is -2.87. The number of carbonyl (C=O) groups excluding carboxylic acids is 2. The molecule has 0 bridgehead atoms. The number of ether oxygens (including phenoxy) is 1. The van der Waals surface area contributed by atoms with Crippen molar-refractivity contribution in [1.82, 2.24) is 5.32 Å². The van der Waals surface area contributed by atoms with Crippen molar-refractivity contribution in [3.05, 3.63) is 59.7 Å². The van der Waals surface area contributed by atoms with E-state index in [1.165, 1.54) is 24.3 Å². The van der Waals surface area contributed by atoms with Crippen molar-refractivity contribution in [3.63, 3.8) is 0 Å². The second-order valence-electron chi connectivity index (χ2n) is 6.81. The van der Waals surface area contributed by atoms with Crippen LogP contribution in [0.1, 0.15) is 28.8 Å². The fourth-order valence-electron chi connectivity index (χ4n) is 2.44. The van der Waals surface area contributed by atoms with Crippen molar-refractivity contribution in [2.24, 2.45) is 5.92 Å². The molecule has 2 aromatic rings. The third-order valence-electron chi connectivity index (χ3n) is 4.28. The minimum Gasteiger partial charge on any atom is -0.464 e. The van der Waals surface area contributed by atoms with Crippen LogP contribution in [0.3, 0.4) is 0 Å². The zero-order valence-corrected chi connectivity index (χ0v) is 16.3. The molecule has 8 heteroatoms. The SMILES string of the molecule is Cc1ccc(NS(=O)(=O)c2cccc(C(=O)NCC(=O)OCC3CC3)c2)cc1. The number of benzene rings is 2. The van der Waals surface area contributed by atoms with Crippen LogP contribution in [0.5, 0.6) is 0 Å². The molecule has 0 unspecified atom stereocenters. The van der Waals surface area contributed by atoms with Gasteiger partial charge in [-0.2, -0.15) is 0 Å². The number of nitrogens with one attached hydrogen (secondary N) is 2. The monoisotopic (exact) mass is 402 g/mol. The Morgan fingerprint density at radius 3 is 2.50 bits per heavy atom. The van der Waals surface area contributed by atoms with Crippen LogP contribution in [0.4, 0.5) is 5.69 Å². The molecule has 1 aliphatic rings. The van der Waals surface area contributed by atoms with Crippen LogP contribution < -0.4 is 10.0 Å². The second-order valence-corrected chi connectivity index (χ2v) is 8.49. The molecular formula is C20H22N2O5S. The fraction of sp³-hybridized carbons (Fsp3) is 0.300. The molecule has 0 aliphatic heterocycles. The first-order valence-corrected chi connectivity index (χ1v) is 10.5. The number of esters is 1. The van der Waals surface area contributed by atoms with Gasteiger partial charge < -0.3 is 10.1 Å². The van der Waals surface area contributed by atoms with Gasteiger partial charge in [-0.1, -0.05) is 23.8 Å². The maximum Gasteiger partial charge on any atom is 0.325 e. The lowest BCUT2D eigenvalue weighted by Crippen LogP contribution is -2.31. The molecule has 3 rings (SSSR count). The molecule has 0 spiro atoms. The van der Waals surface area contributed by atoms with Gasteiger partial charge in [0.1, 0.15) is 6.54 Å². The van der Waals surface area contributed by atoms with Crippen LogP contribution in [0.15, 0.2) is 53.4 Å². The molecule has 0 heterocycles. The normalized spacial score (nSPS) is 13.6. The topological polar surface area (TPSA) is 102 Å². The lowest BCUT2D eigenvalue weighted by atomic mass is 10.2. The van der Waals surface area contributed by atoms with Gasteiger partial charge >= 0.3 is 5.97 Å². The Kier molecular flexibility index (Phi) is 5.99. The summed E-state index contributed by atoms with van der Waals surface area (Å²) in [5, 5.41) is 2.45. The first-order valence-electron chi connectivity index (χ1n) is 8.97. The van der Waals surface area contributed by atoms with E-state index in [0.29, 0.717) is 18.2 Å². The first-order chi connectivity index (χ1) is 13.3. The van der Waals surface area contributed by atoms with Gasteiger partial charge in [-0.15, -0.1) is 0 Å². The summed E-state index contributed by atoms with van der Waals surface area (Å²) in [6.07, 6.45) is 2.13. The summed E-state index contributed by atoms with van der Waals surface area (Å²) >= 11 is 0. The molecule has 2 N–H and O–H groups in total. The zero-order chi connectivity index (χ0) is 20.1.